The highest BCUT2D eigenvalue weighted by Crippen LogP contribution is 2.61. The number of carboxylic acids is 1. The summed E-state index contributed by atoms with van der Waals surface area (Å²) >= 11 is 1.63. The minimum atomic E-state index is -0.754. The van der Waals surface area contributed by atoms with Gasteiger partial charge in [0, 0.05) is 11.5 Å². The molecule has 1 unspecified atom stereocenters. The van der Waals surface area contributed by atoms with Gasteiger partial charge in [-0.2, -0.15) is 11.8 Å². The molecule has 0 aliphatic heterocycles. The van der Waals surface area contributed by atoms with Crippen molar-refractivity contribution in [2.75, 3.05) is 5.75 Å². The number of carbonyl (C=O) groups is 1. The van der Waals surface area contributed by atoms with Crippen molar-refractivity contribution in [3.05, 3.63) is 59.4 Å². The molecular weight excluding hydrogens is 407 g/mol. The lowest BCUT2D eigenvalue weighted by molar-refractivity contribution is -0.140. The molecule has 1 N–H and O–H groups in total. The first kappa shape index (κ1) is 21.1. The second-order valence-corrected chi connectivity index (χ2v) is 11.4. The van der Waals surface area contributed by atoms with Crippen LogP contribution in [0.4, 0.5) is 4.39 Å². The van der Waals surface area contributed by atoms with Gasteiger partial charge in [-0.1, -0.05) is 43.3 Å². The Morgan fingerprint density at radius 3 is 2.32 bits per heavy atom. The first-order valence-electron chi connectivity index (χ1n) is 11.6. The number of hydrogen-bond donors (Lipinski definition) is 1. The summed E-state index contributed by atoms with van der Waals surface area (Å²) in [5.74, 6) is 2.65. The van der Waals surface area contributed by atoms with Crippen LogP contribution < -0.4 is 0 Å². The van der Waals surface area contributed by atoms with E-state index in [2.05, 4.69) is 24.3 Å². The van der Waals surface area contributed by atoms with Crippen LogP contribution in [0.2, 0.25) is 0 Å². The van der Waals surface area contributed by atoms with E-state index in [1.165, 1.54) is 38.5 Å². The highest BCUT2D eigenvalue weighted by Gasteiger charge is 2.52. The summed E-state index contributed by atoms with van der Waals surface area (Å²) in [6.07, 6.45) is 7.64. The summed E-state index contributed by atoms with van der Waals surface area (Å²) in [5, 5.41) is 9.04. The number of halogens is 1. The summed E-state index contributed by atoms with van der Waals surface area (Å²) in [7, 11) is 0. The Kier molecular flexibility index (Phi) is 5.62. The van der Waals surface area contributed by atoms with Gasteiger partial charge in [-0.05, 0) is 90.0 Å². The Morgan fingerprint density at radius 2 is 1.71 bits per heavy atom. The number of thioether (sulfide) groups is 1. The van der Waals surface area contributed by atoms with Crippen molar-refractivity contribution in [1.29, 1.82) is 0 Å². The first-order valence-corrected chi connectivity index (χ1v) is 12.8. The Hall–Kier alpha value is -1.81. The van der Waals surface area contributed by atoms with Crippen LogP contribution in [0, 0.1) is 29.5 Å². The lowest BCUT2D eigenvalue weighted by Crippen LogP contribution is -2.48. The van der Waals surface area contributed by atoms with Gasteiger partial charge in [-0.25, -0.2) is 4.39 Å². The monoisotopic (exact) mass is 438 g/mol. The lowest BCUT2D eigenvalue weighted by Gasteiger charge is -2.57. The average Bonchev–Trinajstić information content (AvgIpc) is 2.72. The van der Waals surface area contributed by atoms with E-state index in [1.54, 1.807) is 24.8 Å². The summed E-state index contributed by atoms with van der Waals surface area (Å²) in [6, 6.07) is 14.1. The molecule has 2 aromatic carbocycles. The second-order valence-electron chi connectivity index (χ2n) is 10.3. The zero-order valence-electron chi connectivity index (χ0n) is 18.1. The standard InChI is InChI=1S/C27H31FO2S/c1-17(26(29)30)15-31-16-18-3-2-4-22(10-18)23-5-6-24(25(28)11-23)27-12-19-7-20(13-27)9-21(8-19)14-27/h2-6,10-11,17,19-21H,7-9,12-16H2,1H3,(H,29,30). The quantitative estimate of drug-likeness (QED) is 0.510. The maximum atomic E-state index is 15.5. The molecular formula is C27H31FO2S. The molecule has 4 saturated carbocycles. The minimum absolute atomic E-state index is 0.0329. The van der Waals surface area contributed by atoms with Crippen LogP contribution in [0.1, 0.15) is 56.6 Å². The maximum absolute atomic E-state index is 15.5. The van der Waals surface area contributed by atoms with Crippen molar-refractivity contribution in [3.8, 4) is 11.1 Å². The molecule has 4 aliphatic rings. The first-order chi connectivity index (χ1) is 14.9. The van der Waals surface area contributed by atoms with E-state index < -0.39 is 5.97 Å². The molecule has 4 fully saturated rings. The molecule has 0 aromatic heterocycles. The van der Waals surface area contributed by atoms with Gasteiger partial charge in [0.15, 0.2) is 0 Å². The molecule has 0 amide bonds. The van der Waals surface area contributed by atoms with Crippen LogP contribution in [0.25, 0.3) is 11.1 Å². The molecule has 1 atom stereocenters. The fourth-order valence-electron chi connectivity index (χ4n) is 6.83. The average molecular weight is 439 g/mol. The Bertz CT molecular complexity index is 950. The molecule has 4 heteroatoms. The topological polar surface area (TPSA) is 37.3 Å². The number of benzene rings is 2. The molecule has 6 rings (SSSR count). The number of rotatable bonds is 7. The van der Waals surface area contributed by atoms with Crippen molar-refractivity contribution in [1.82, 2.24) is 0 Å². The molecule has 4 aliphatic carbocycles. The SMILES string of the molecule is CC(CSCc1cccc(-c2ccc(C34CC5CC(CC(C5)C3)C4)c(F)c2)c1)C(=O)O. The van der Waals surface area contributed by atoms with Gasteiger partial charge in [0.2, 0.25) is 0 Å². The fraction of sp³-hybridized carbons (Fsp3) is 0.519. The van der Waals surface area contributed by atoms with E-state index in [0.29, 0.717) is 5.75 Å². The zero-order chi connectivity index (χ0) is 21.6. The normalized spacial score (nSPS) is 29.8. The molecule has 0 radical (unpaired) electrons. The number of hydrogen-bond acceptors (Lipinski definition) is 2. The Balaban J connectivity index is 1.33. The predicted molar refractivity (Wildman–Crippen MR) is 125 cm³/mol. The Morgan fingerprint density at radius 1 is 1.06 bits per heavy atom. The number of aliphatic carboxylic acids is 1. The van der Waals surface area contributed by atoms with Gasteiger partial charge in [-0.3, -0.25) is 4.79 Å². The molecule has 0 saturated heterocycles. The molecule has 31 heavy (non-hydrogen) atoms. The van der Waals surface area contributed by atoms with Gasteiger partial charge < -0.3 is 5.11 Å². The van der Waals surface area contributed by atoms with Crippen LogP contribution >= 0.6 is 11.8 Å². The van der Waals surface area contributed by atoms with E-state index in [1.807, 2.05) is 12.1 Å². The third-order valence-corrected chi connectivity index (χ3v) is 9.17. The third kappa shape index (κ3) is 4.16. The van der Waals surface area contributed by atoms with Gasteiger partial charge in [0.05, 0.1) is 5.92 Å². The molecule has 0 spiro atoms. The van der Waals surface area contributed by atoms with Crippen molar-refractivity contribution in [2.24, 2.45) is 23.7 Å². The minimum Gasteiger partial charge on any atom is -0.481 e. The van der Waals surface area contributed by atoms with E-state index in [9.17, 15) is 4.79 Å². The Labute approximate surface area is 188 Å². The van der Waals surface area contributed by atoms with Crippen molar-refractivity contribution in [2.45, 2.75) is 56.6 Å². The number of carboxylic acid groups (broad SMARTS) is 1. The van der Waals surface area contributed by atoms with Crippen molar-refractivity contribution >= 4 is 17.7 Å². The van der Waals surface area contributed by atoms with Gasteiger partial charge in [0.1, 0.15) is 5.82 Å². The third-order valence-electron chi connectivity index (χ3n) is 7.90. The van der Waals surface area contributed by atoms with E-state index >= 15 is 4.39 Å². The summed E-state index contributed by atoms with van der Waals surface area (Å²) in [5.41, 5.74) is 4.14. The maximum Gasteiger partial charge on any atom is 0.307 e. The molecule has 0 heterocycles. The second kappa shape index (κ2) is 8.27. The van der Waals surface area contributed by atoms with Gasteiger partial charge in [0.25, 0.3) is 0 Å². The van der Waals surface area contributed by atoms with E-state index in [4.69, 9.17) is 5.11 Å². The lowest BCUT2D eigenvalue weighted by atomic mass is 9.48. The molecule has 164 valence electrons. The van der Waals surface area contributed by atoms with Crippen molar-refractivity contribution < 1.29 is 14.3 Å². The van der Waals surface area contributed by atoms with Crippen LogP contribution in [0.5, 0.6) is 0 Å². The van der Waals surface area contributed by atoms with E-state index in [0.717, 1.165) is 45.8 Å². The zero-order valence-corrected chi connectivity index (χ0v) is 19.0. The van der Waals surface area contributed by atoms with Crippen molar-refractivity contribution in [3.63, 3.8) is 0 Å². The van der Waals surface area contributed by atoms with Crippen LogP contribution in [-0.2, 0) is 16.0 Å². The summed E-state index contributed by atoms with van der Waals surface area (Å²) in [6.45, 7) is 1.74. The molecule has 4 bridgehead atoms. The highest BCUT2D eigenvalue weighted by molar-refractivity contribution is 7.98. The van der Waals surface area contributed by atoms with Crippen LogP contribution in [0.15, 0.2) is 42.5 Å². The summed E-state index contributed by atoms with van der Waals surface area (Å²) < 4.78 is 15.5. The van der Waals surface area contributed by atoms with E-state index in [-0.39, 0.29) is 17.2 Å². The smallest absolute Gasteiger partial charge is 0.307 e. The molecule has 2 aromatic rings. The van der Waals surface area contributed by atoms with Crippen LogP contribution in [-0.4, -0.2) is 16.8 Å². The van der Waals surface area contributed by atoms with Crippen LogP contribution in [0.3, 0.4) is 0 Å². The predicted octanol–water partition coefficient (Wildman–Crippen LogP) is 6.91. The highest BCUT2D eigenvalue weighted by atomic mass is 32.2. The van der Waals surface area contributed by atoms with Gasteiger partial charge in [-0.15, -0.1) is 0 Å². The summed E-state index contributed by atoms with van der Waals surface area (Å²) in [4.78, 5) is 11.0. The fourth-order valence-corrected chi connectivity index (χ4v) is 7.86. The molecule has 2 nitrogen and oxygen atoms in total. The van der Waals surface area contributed by atoms with Gasteiger partial charge >= 0.3 is 5.97 Å². The largest absolute Gasteiger partial charge is 0.481 e.